The standard InChI is InChI=1S/C28H18F4N2O6S/c1-38-24-18(3-2-4-21(24)39-13-17-9-10-22(40-17)28(36)37)27-34(26(35)23-19(31)11-16(30)12-20(23)32)33-25(41-27)14-5-7-15(29)8-6-14/h2-12,27H,13H2,1H3,(H,36,37). The molecule has 4 aromatic rings. The number of nitrogens with zero attached hydrogens (tertiary/aromatic N) is 2. The van der Waals surface area contributed by atoms with Crippen LogP contribution in [0.5, 0.6) is 11.5 Å². The first-order valence-electron chi connectivity index (χ1n) is 11.8. The maximum Gasteiger partial charge on any atom is 0.371 e. The molecule has 1 atom stereocenters. The van der Waals surface area contributed by atoms with Crippen molar-refractivity contribution in [1.29, 1.82) is 0 Å². The second kappa shape index (κ2) is 11.4. The number of carboxylic acids is 1. The number of furan rings is 1. The Morgan fingerprint density at radius 1 is 1.00 bits per heavy atom. The molecule has 0 radical (unpaired) electrons. The topological polar surface area (TPSA) is 102 Å². The molecule has 0 fully saturated rings. The molecule has 0 bridgehead atoms. The first kappa shape index (κ1) is 27.8. The summed E-state index contributed by atoms with van der Waals surface area (Å²) in [5, 5.41) is 13.4. The van der Waals surface area contributed by atoms with E-state index in [0.29, 0.717) is 23.3 Å². The quantitative estimate of drug-likeness (QED) is 0.240. The lowest BCUT2D eigenvalue weighted by atomic mass is 10.1. The number of rotatable bonds is 8. The summed E-state index contributed by atoms with van der Waals surface area (Å²) in [4.78, 5) is 24.6. The number of carboxylic acid groups (broad SMARTS) is 1. The minimum atomic E-state index is -1.41. The Balaban J connectivity index is 1.53. The number of hydrogen-bond acceptors (Lipinski definition) is 7. The Kier molecular flexibility index (Phi) is 7.70. The molecular formula is C28H18F4N2O6S. The summed E-state index contributed by atoms with van der Waals surface area (Å²) < 4.78 is 72.9. The van der Waals surface area contributed by atoms with Gasteiger partial charge in [0.05, 0.1) is 7.11 Å². The van der Waals surface area contributed by atoms with Crippen molar-refractivity contribution < 1.29 is 46.1 Å². The molecule has 2 heterocycles. The van der Waals surface area contributed by atoms with Crippen molar-refractivity contribution in [2.75, 3.05) is 7.11 Å². The monoisotopic (exact) mass is 586 g/mol. The molecule has 1 unspecified atom stereocenters. The molecule has 1 aliphatic rings. The van der Waals surface area contributed by atoms with Crippen molar-refractivity contribution >= 4 is 28.7 Å². The Labute approximate surface area is 233 Å². The van der Waals surface area contributed by atoms with Crippen LogP contribution in [0, 0.1) is 23.3 Å². The molecule has 1 amide bonds. The van der Waals surface area contributed by atoms with Crippen LogP contribution in [0.2, 0.25) is 0 Å². The van der Waals surface area contributed by atoms with Gasteiger partial charge in [-0.05, 0) is 42.5 Å². The fourth-order valence-corrected chi connectivity index (χ4v) is 5.21. The Morgan fingerprint density at radius 3 is 2.34 bits per heavy atom. The number of hydrogen-bond donors (Lipinski definition) is 1. The summed E-state index contributed by atoms with van der Waals surface area (Å²) in [7, 11) is 1.34. The second-order valence-electron chi connectivity index (χ2n) is 8.51. The van der Waals surface area contributed by atoms with E-state index in [1.54, 1.807) is 18.2 Å². The highest BCUT2D eigenvalue weighted by molar-refractivity contribution is 8.14. The van der Waals surface area contributed by atoms with Crippen LogP contribution < -0.4 is 9.47 Å². The number of carbonyl (C=O) groups is 2. The van der Waals surface area contributed by atoms with Gasteiger partial charge >= 0.3 is 5.97 Å². The third-order valence-corrected chi connectivity index (χ3v) is 7.10. The van der Waals surface area contributed by atoms with Crippen LogP contribution in [0.15, 0.2) is 76.2 Å². The Hall–Kier alpha value is -4.78. The van der Waals surface area contributed by atoms with Crippen LogP contribution in [-0.2, 0) is 6.61 Å². The van der Waals surface area contributed by atoms with E-state index in [1.807, 2.05) is 0 Å². The lowest BCUT2D eigenvalue weighted by molar-refractivity contribution is 0.0657. The van der Waals surface area contributed by atoms with Crippen LogP contribution in [0.3, 0.4) is 0 Å². The van der Waals surface area contributed by atoms with Gasteiger partial charge in [0.1, 0.15) is 51.6 Å². The average Bonchev–Trinajstić information content (AvgIpc) is 3.59. The minimum absolute atomic E-state index is 0.142. The highest BCUT2D eigenvalue weighted by Gasteiger charge is 2.39. The first-order chi connectivity index (χ1) is 19.7. The summed E-state index contributed by atoms with van der Waals surface area (Å²) in [6.45, 7) is -0.170. The van der Waals surface area contributed by atoms with Crippen molar-refractivity contribution in [2.24, 2.45) is 5.10 Å². The predicted octanol–water partition coefficient (Wildman–Crippen LogP) is 6.37. The molecule has 41 heavy (non-hydrogen) atoms. The summed E-state index contributed by atoms with van der Waals surface area (Å²) in [5.74, 6) is -6.70. The molecule has 210 valence electrons. The van der Waals surface area contributed by atoms with Gasteiger partial charge in [0, 0.05) is 23.3 Å². The number of methoxy groups -OCH3 is 1. The molecule has 0 aliphatic carbocycles. The smallest absolute Gasteiger partial charge is 0.371 e. The van der Waals surface area contributed by atoms with Gasteiger partial charge in [-0.25, -0.2) is 27.4 Å². The number of aromatic carboxylic acids is 1. The lowest BCUT2D eigenvalue weighted by Crippen LogP contribution is -2.28. The molecule has 0 saturated heterocycles. The highest BCUT2D eigenvalue weighted by atomic mass is 32.2. The van der Waals surface area contributed by atoms with Crippen LogP contribution >= 0.6 is 11.8 Å². The Morgan fingerprint density at radius 2 is 1.71 bits per heavy atom. The zero-order valence-corrected chi connectivity index (χ0v) is 21.8. The van der Waals surface area contributed by atoms with Gasteiger partial charge in [-0.3, -0.25) is 4.79 Å². The molecular weight excluding hydrogens is 568 g/mol. The van der Waals surface area contributed by atoms with Crippen molar-refractivity contribution in [1.82, 2.24) is 5.01 Å². The van der Waals surface area contributed by atoms with E-state index in [0.717, 1.165) is 16.8 Å². The number of thioether (sulfide) groups is 1. The second-order valence-corrected chi connectivity index (χ2v) is 9.58. The van der Waals surface area contributed by atoms with Crippen molar-refractivity contribution in [3.63, 3.8) is 0 Å². The maximum atomic E-state index is 14.6. The molecule has 8 nitrogen and oxygen atoms in total. The molecule has 0 saturated carbocycles. The number of halogens is 4. The van der Waals surface area contributed by atoms with Gasteiger partial charge in [0.15, 0.2) is 11.5 Å². The van der Waals surface area contributed by atoms with Crippen molar-refractivity contribution in [3.8, 4) is 11.5 Å². The van der Waals surface area contributed by atoms with E-state index >= 15 is 0 Å². The fourth-order valence-electron chi connectivity index (χ4n) is 4.03. The van der Waals surface area contributed by atoms with Gasteiger partial charge in [0.25, 0.3) is 5.91 Å². The summed E-state index contributed by atoms with van der Waals surface area (Å²) in [6.07, 6.45) is 0. The zero-order valence-electron chi connectivity index (χ0n) is 20.9. The number of ether oxygens (including phenoxy) is 2. The van der Waals surface area contributed by atoms with Crippen molar-refractivity contribution in [2.45, 2.75) is 12.0 Å². The third-order valence-electron chi connectivity index (χ3n) is 5.89. The average molecular weight is 587 g/mol. The SMILES string of the molecule is COc1c(OCc2ccc(C(=O)O)o2)cccc1C1SC(c2ccc(F)cc2)=NN1C(=O)c1c(F)cc(F)cc1F. The number of hydrazone groups is 1. The molecule has 1 aromatic heterocycles. The van der Waals surface area contributed by atoms with Crippen molar-refractivity contribution in [3.05, 3.63) is 118 Å². The van der Waals surface area contributed by atoms with E-state index < -0.39 is 46.1 Å². The van der Waals surface area contributed by atoms with Crippen LogP contribution in [0.4, 0.5) is 17.6 Å². The zero-order chi connectivity index (χ0) is 29.3. The number of para-hydroxylation sites is 1. The molecule has 1 aliphatic heterocycles. The van der Waals surface area contributed by atoms with Gasteiger partial charge in [-0.15, -0.1) is 0 Å². The summed E-state index contributed by atoms with van der Waals surface area (Å²) >= 11 is 1.02. The van der Waals surface area contributed by atoms with Crippen LogP contribution in [0.25, 0.3) is 0 Å². The minimum Gasteiger partial charge on any atom is -0.492 e. The van der Waals surface area contributed by atoms with E-state index in [4.69, 9.17) is 19.0 Å². The van der Waals surface area contributed by atoms with E-state index in [2.05, 4.69) is 5.10 Å². The number of carbonyl (C=O) groups excluding carboxylic acids is 1. The van der Waals surface area contributed by atoms with Gasteiger partial charge < -0.3 is 19.0 Å². The van der Waals surface area contributed by atoms with Gasteiger partial charge in [-0.1, -0.05) is 23.9 Å². The van der Waals surface area contributed by atoms with Crippen LogP contribution in [-0.4, -0.2) is 34.1 Å². The van der Waals surface area contributed by atoms with Crippen LogP contribution in [0.1, 0.15) is 43.2 Å². The fraction of sp³-hybridized carbons (Fsp3) is 0.107. The molecule has 13 heteroatoms. The number of amides is 1. The predicted molar refractivity (Wildman–Crippen MR) is 139 cm³/mol. The summed E-state index contributed by atoms with van der Waals surface area (Å²) in [6, 6.07) is 13.4. The lowest BCUT2D eigenvalue weighted by Gasteiger charge is -2.24. The molecule has 5 rings (SSSR count). The number of benzene rings is 3. The van der Waals surface area contributed by atoms with E-state index in [-0.39, 0.29) is 34.7 Å². The summed E-state index contributed by atoms with van der Waals surface area (Å²) in [5.41, 5.74) is -0.271. The Bertz CT molecular complexity index is 1650. The third kappa shape index (κ3) is 5.61. The first-order valence-corrected chi connectivity index (χ1v) is 12.6. The molecule has 3 aromatic carbocycles. The van der Waals surface area contributed by atoms with E-state index in [9.17, 15) is 27.2 Å². The van der Waals surface area contributed by atoms with Gasteiger partial charge in [0.2, 0.25) is 5.76 Å². The molecule has 0 spiro atoms. The maximum absolute atomic E-state index is 14.6. The van der Waals surface area contributed by atoms with E-state index in [1.165, 1.54) is 43.5 Å². The largest absolute Gasteiger partial charge is 0.492 e. The van der Waals surface area contributed by atoms with Gasteiger partial charge in [-0.2, -0.15) is 5.10 Å². The normalized spacial score (nSPS) is 14.6. The molecule has 1 N–H and O–H groups in total. The highest BCUT2D eigenvalue weighted by Crippen LogP contribution is 2.48.